The van der Waals surface area contributed by atoms with Crippen molar-refractivity contribution in [3.63, 3.8) is 0 Å². The predicted octanol–water partition coefficient (Wildman–Crippen LogP) is 4.62. The molecule has 2 aliphatic rings. The van der Waals surface area contributed by atoms with Crippen molar-refractivity contribution in [3.8, 4) is 0 Å². The number of amides is 2. The smallest absolute Gasteiger partial charge is 0.255 e. The Balaban J connectivity index is 1.28. The Bertz CT molecular complexity index is 1360. The standard InChI is InChI=1S/C35H45N5O3/c1-35(2,3)29-11-9-28(10-12-29)33(41)37-30-13-14-32(31(25-30)34(42)36-15-16-38-21-23-43-24-22-38)40-19-17-39(18-20-40)26-27-7-5-4-6-8-27/h4-14,25H,15-24,26H2,1-3H3,(H,36,42)(H,37,41). The monoisotopic (exact) mass is 583 g/mol. The molecule has 2 amide bonds. The highest BCUT2D eigenvalue weighted by molar-refractivity contribution is 6.06. The fourth-order valence-electron chi connectivity index (χ4n) is 5.63. The van der Waals surface area contributed by atoms with Gasteiger partial charge in [-0.15, -0.1) is 0 Å². The maximum absolute atomic E-state index is 13.6. The van der Waals surface area contributed by atoms with Crippen LogP contribution in [0.4, 0.5) is 11.4 Å². The van der Waals surface area contributed by atoms with Crippen LogP contribution < -0.4 is 15.5 Å². The van der Waals surface area contributed by atoms with Gasteiger partial charge in [0.2, 0.25) is 0 Å². The molecule has 0 atom stereocenters. The zero-order valence-electron chi connectivity index (χ0n) is 25.8. The molecule has 5 rings (SSSR count). The lowest BCUT2D eigenvalue weighted by molar-refractivity contribution is 0.0383. The fraction of sp³-hybridized carbons (Fsp3) is 0.429. The van der Waals surface area contributed by atoms with Gasteiger partial charge in [-0.25, -0.2) is 0 Å². The number of piperazine rings is 1. The second-order valence-electron chi connectivity index (χ2n) is 12.5. The van der Waals surface area contributed by atoms with Crippen LogP contribution in [-0.4, -0.2) is 87.2 Å². The number of nitrogens with one attached hydrogen (secondary N) is 2. The zero-order chi connectivity index (χ0) is 30.2. The van der Waals surface area contributed by atoms with Gasteiger partial charge in [0.15, 0.2) is 0 Å². The minimum Gasteiger partial charge on any atom is -0.379 e. The van der Waals surface area contributed by atoms with E-state index in [-0.39, 0.29) is 17.2 Å². The van der Waals surface area contributed by atoms with Crippen molar-refractivity contribution >= 4 is 23.2 Å². The third kappa shape index (κ3) is 8.44. The lowest BCUT2D eigenvalue weighted by Crippen LogP contribution is -2.46. The zero-order valence-corrected chi connectivity index (χ0v) is 25.8. The molecule has 0 radical (unpaired) electrons. The number of hydrogen-bond donors (Lipinski definition) is 2. The maximum atomic E-state index is 13.6. The van der Waals surface area contributed by atoms with Crippen molar-refractivity contribution in [2.75, 3.05) is 75.8 Å². The van der Waals surface area contributed by atoms with Gasteiger partial charge in [-0.1, -0.05) is 63.2 Å². The molecule has 0 bridgehead atoms. The average molecular weight is 584 g/mol. The maximum Gasteiger partial charge on any atom is 0.255 e. The normalized spacial score (nSPS) is 16.6. The van der Waals surface area contributed by atoms with Crippen LogP contribution in [0.15, 0.2) is 72.8 Å². The number of anilines is 2. The quantitative estimate of drug-likeness (QED) is 0.383. The van der Waals surface area contributed by atoms with Crippen LogP contribution in [0.3, 0.4) is 0 Å². The average Bonchev–Trinajstić information content (AvgIpc) is 3.02. The second-order valence-corrected chi connectivity index (χ2v) is 12.5. The minimum absolute atomic E-state index is 0.0158. The highest BCUT2D eigenvalue weighted by Crippen LogP contribution is 2.27. The highest BCUT2D eigenvalue weighted by Gasteiger charge is 2.23. The Hall–Kier alpha value is -3.72. The molecule has 2 N–H and O–H groups in total. The van der Waals surface area contributed by atoms with Crippen molar-refractivity contribution in [1.29, 1.82) is 0 Å². The number of carbonyl (C=O) groups is 2. The number of rotatable bonds is 9. The summed E-state index contributed by atoms with van der Waals surface area (Å²) in [4.78, 5) is 33.8. The van der Waals surface area contributed by atoms with Gasteiger partial charge in [-0.05, 0) is 46.9 Å². The molecule has 2 heterocycles. The van der Waals surface area contributed by atoms with Gasteiger partial charge in [-0.3, -0.25) is 19.4 Å². The van der Waals surface area contributed by atoms with E-state index in [1.807, 2.05) is 48.5 Å². The second kappa shape index (κ2) is 14.2. The molecule has 3 aromatic carbocycles. The molecule has 3 aromatic rings. The van der Waals surface area contributed by atoms with Crippen molar-refractivity contribution in [1.82, 2.24) is 15.1 Å². The largest absolute Gasteiger partial charge is 0.379 e. The third-order valence-electron chi connectivity index (χ3n) is 8.29. The van der Waals surface area contributed by atoms with E-state index < -0.39 is 0 Å². The van der Waals surface area contributed by atoms with Crippen molar-refractivity contribution < 1.29 is 14.3 Å². The molecule has 0 aromatic heterocycles. The number of nitrogens with zero attached hydrogens (tertiary/aromatic N) is 3. The molecule has 0 aliphatic carbocycles. The van der Waals surface area contributed by atoms with E-state index in [4.69, 9.17) is 4.74 Å². The summed E-state index contributed by atoms with van der Waals surface area (Å²) < 4.78 is 5.44. The van der Waals surface area contributed by atoms with Crippen LogP contribution in [0.2, 0.25) is 0 Å². The molecule has 0 spiro atoms. The summed E-state index contributed by atoms with van der Waals surface area (Å²) in [6.45, 7) is 15.4. The van der Waals surface area contributed by atoms with E-state index in [0.29, 0.717) is 23.4 Å². The van der Waals surface area contributed by atoms with Gasteiger partial charge in [0, 0.05) is 75.8 Å². The van der Waals surface area contributed by atoms with Gasteiger partial charge in [0.1, 0.15) is 0 Å². The lowest BCUT2D eigenvalue weighted by atomic mass is 9.87. The van der Waals surface area contributed by atoms with E-state index in [9.17, 15) is 9.59 Å². The van der Waals surface area contributed by atoms with Crippen LogP contribution in [0.5, 0.6) is 0 Å². The SMILES string of the molecule is CC(C)(C)c1ccc(C(=O)Nc2ccc(N3CCN(Cc4ccccc4)CC3)c(C(=O)NCCN3CCOCC3)c2)cc1. The van der Waals surface area contributed by atoms with E-state index in [2.05, 4.69) is 70.4 Å². The van der Waals surface area contributed by atoms with Crippen molar-refractivity contribution in [3.05, 3.63) is 95.1 Å². The molecule has 2 fully saturated rings. The van der Waals surface area contributed by atoms with Crippen LogP contribution in [-0.2, 0) is 16.7 Å². The van der Waals surface area contributed by atoms with Gasteiger partial charge < -0.3 is 20.3 Å². The van der Waals surface area contributed by atoms with Gasteiger partial charge in [-0.2, -0.15) is 0 Å². The number of ether oxygens (including phenoxy) is 1. The summed E-state index contributed by atoms with van der Waals surface area (Å²) in [5.41, 5.74) is 5.17. The first-order valence-electron chi connectivity index (χ1n) is 15.4. The van der Waals surface area contributed by atoms with Gasteiger partial charge in [0.05, 0.1) is 18.8 Å². The lowest BCUT2D eigenvalue weighted by Gasteiger charge is -2.37. The molecule has 228 valence electrons. The Morgan fingerprint density at radius 1 is 0.791 bits per heavy atom. The summed E-state index contributed by atoms with van der Waals surface area (Å²) in [6, 6.07) is 24.0. The number of carbonyl (C=O) groups excluding carboxylic acids is 2. The first kappa shape index (κ1) is 30.7. The first-order chi connectivity index (χ1) is 20.8. The van der Waals surface area contributed by atoms with Crippen LogP contribution in [0, 0.1) is 0 Å². The van der Waals surface area contributed by atoms with Gasteiger partial charge in [0.25, 0.3) is 11.8 Å². The van der Waals surface area contributed by atoms with Crippen LogP contribution >= 0.6 is 0 Å². The summed E-state index contributed by atoms with van der Waals surface area (Å²) in [5, 5.41) is 6.14. The molecular weight excluding hydrogens is 538 g/mol. The molecule has 8 nitrogen and oxygen atoms in total. The van der Waals surface area contributed by atoms with Crippen molar-refractivity contribution in [2.45, 2.75) is 32.7 Å². The Morgan fingerprint density at radius 2 is 1.49 bits per heavy atom. The number of morpholine rings is 1. The molecule has 43 heavy (non-hydrogen) atoms. The first-order valence-corrected chi connectivity index (χ1v) is 15.4. The Kier molecular flexibility index (Phi) is 10.1. The summed E-state index contributed by atoms with van der Waals surface area (Å²) >= 11 is 0. The van der Waals surface area contributed by atoms with Crippen molar-refractivity contribution in [2.24, 2.45) is 0 Å². The van der Waals surface area contributed by atoms with Gasteiger partial charge >= 0.3 is 0 Å². The summed E-state index contributed by atoms with van der Waals surface area (Å²) in [7, 11) is 0. The highest BCUT2D eigenvalue weighted by atomic mass is 16.5. The fourth-order valence-corrected chi connectivity index (χ4v) is 5.63. The molecule has 0 saturated carbocycles. The van der Waals surface area contributed by atoms with E-state index in [1.165, 1.54) is 11.1 Å². The van der Waals surface area contributed by atoms with Crippen LogP contribution in [0.25, 0.3) is 0 Å². The predicted molar refractivity (Wildman–Crippen MR) is 173 cm³/mol. The topological polar surface area (TPSA) is 77.2 Å². The van der Waals surface area contributed by atoms with E-state index in [1.54, 1.807) is 0 Å². The molecule has 0 unspecified atom stereocenters. The molecular formula is C35H45N5O3. The number of benzene rings is 3. The summed E-state index contributed by atoms with van der Waals surface area (Å²) in [6.07, 6.45) is 0. The Morgan fingerprint density at radius 3 is 2.16 bits per heavy atom. The van der Waals surface area contributed by atoms with Crippen LogP contribution in [0.1, 0.15) is 52.6 Å². The van der Waals surface area contributed by atoms with E-state index in [0.717, 1.165) is 71.3 Å². The third-order valence-corrected chi connectivity index (χ3v) is 8.29. The Labute approximate surface area is 256 Å². The molecule has 2 aliphatic heterocycles. The minimum atomic E-state index is -0.193. The van der Waals surface area contributed by atoms with E-state index >= 15 is 0 Å². The summed E-state index contributed by atoms with van der Waals surface area (Å²) in [5.74, 6) is -0.318. The molecule has 2 saturated heterocycles. The molecule has 8 heteroatoms. The number of hydrogen-bond acceptors (Lipinski definition) is 6.